The molecule has 0 aliphatic heterocycles. The summed E-state index contributed by atoms with van der Waals surface area (Å²) < 4.78 is 30.3. The van der Waals surface area contributed by atoms with Gasteiger partial charge in [-0.05, 0) is 6.08 Å². The molecule has 0 saturated carbocycles. The molecule has 0 spiro atoms. The fourth-order valence-corrected chi connectivity index (χ4v) is 1.87. The topological polar surface area (TPSA) is 112 Å². The van der Waals surface area contributed by atoms with Crippen LogP contribution in [0.2, 0.25) is 0 Å². The smallest absolute Gasteiger partial charge is 0.314 e. The van der Waals surface area contributed by atoms with Gasteiger partial charge in [0, 0.05) is 0 Å². The highest BCUT2D eigenvalue weighted by Crippen LogP contribution is 2.29. The molecule has 1 aliphatic carbocycles. The second-order valence-corrected chi connectivity index (χ2v) is 4.39. The molecule has 3 N–H and O–H groups in total. The summed E-state index contributed by atoms with van der Waals surface area (Å²) in [6.07, 6.45) is 4.13. The van der Waals surface area contributed by atoms with Gasteiger partial charge < -0.3 is 10.2 Å². The van der Waals surface area contributed by atoms with Crippen LogP contribution in [-0.4, -0.2) is 34.1 Å². The summed E-state index contributed by atoms with van der Waals surface area (Å²) in [7, 11) is -4.88. The van der Waals surface area contributed by atoms with E-state index in [1.807, 2.05) is 0 Å². The SMILES string of the molecule is O=C(O)C1C=CC=CC1(O)S(=O)(=O)O. The zero-order valence-electron chi connectivity index (χ0n) is 6.86. The fraction of sp³-hybridized carbons (Fsp3) is 0.286. The molecule has 0 aromatic heterocycles. The predicted octanol–water partition coefficient (Wildman–Crippen LogP) is -0.610. The average molecular weight is 220 g/mol. The number of carbonyl (C=O) groups is 1. The fourth-order valence-electron chi connectivity index (χ4n) is 1.12. The van der Waals surface area contributed by atoms with Crippen molar-refractivity contribution in [3.63, 3.8) is 0 Å². The molecule has 1 rings (SSSR count). The maximum Gasteiger partial charge on any atom is 0.314 e. The Labute approximate surface area is 79.9 Å². The van der Waals surface area contributed by atoms with Gasteiger partial charge >= 0.3 is 5.97 Å². The highest BCUT2D eigenvalue weighted by atomic mass is 32.2. The van der Waals surface area contributed by atoms with Crippen LogP contribution in [-0.2, 0) is 14.9 Å². The number of carboxylic acids is 1. The molecule has 0 radical (unpaired) electrons. The number of aliphatic hydroxyl groups is 1. The van der Waals surface area contributed by atoms with Gasteiger partial charge in [-0.1, -0.05) is 18.2 Å². The highest BCUT2D eigenvalue weighted by Gasteiger charge is 2.49. The Morgan fingerprint density at radius 2 is 1.93 bits per heavy atom. The van der Waals surface area contributed by atoms with Crippen molar-refractivity contribution in [3.8, 4) is 0 Å². The predicted molar refractivity (Wildman–Crippen MR) is 45.9 cm³/mol. The van der Waals surface area contributed by atoms with Crippen LogP contribution in [0.15, 0.2) is 24.3 Å². The molecule has 0 heterocycles. The van der Waals surface area contributed by atoms with E-state index >= 15 is 0 Å². The Bertz CT molecular complexity index is 406. The molecule has 2 atom stereocenters. The Morgan fingerprint density at radius 1 is 1.36 bits per heavy atom. The van der Waals surface area contributed by atoms with Crippen LogP contribution in [0.4, 0.5) is 0 Å². The number of hydrogen-bond acceptors (Lipinski definition) is 4. The number of rotatable bonds is 2. The lowest BCUT2D eigenvalue weighted by Crippen LogP contribution is -2.47. The Kier molecular flexibility index (Phi) is 2.49. The van der Waals surface area contributed by atoms with Gasteiger partial charge in [0.25, 0.3) is 10.1 Å². The van der Waals surface area contributed by atoms with Crippen molar-refractivity contribution in [2.24, 2.45) is 5.92 Å². The van der Waals surface area contributed by atoms with Gasteiger partial charge in [-0.15, -0.1) is 0 Å². The van der Waals surface area contributed by atoms with E-state index in [2.05, 4.69) is 0 Å². The lowest BCUT2D eigenvalue weighted by Gasteiger charge is -2.27. The molecule has 7 heteroatoms. The van der Waals surface area contributed by atoms with Crippen LogP contribution in [0.3, 0.4) is 0 Å². The average Bonchev–Trinajstić information content (AvgIpc) is 2.02. The molecule has 6 nitrogen and oxygen atoms in total. The van der Waals surface area contributed by atoms with Gasteiger partial charge in [0.1, 0.15) is 5.92 Å². The second kappa shape index (κ2) is 3.19. The van der Waals surface area contributed by atoms with Gasteiger partial charge in [-0.3, -0.25) is 9.35 Å². The molecule has 78 valence electrons. The maximum absolute atomic E-state index is 10.8. The second-order valence-electron chi connectivity index (χ2n) is 2.79. The van der Waals surface area contributed by atoms with E-state index in [1.165, 1.54) is 6.08 Å². The Morgan fingerprint density at radius 3 is 2.29 bits per heavy atom. The molecule has 1 aliphatic rings. The molecular formula is C7H8O6S. The monoisotopic (exact) mass is 220 g/mol. The number of carboxylic acid groups (broad SMARTS) is 1. The van der Waals surface area contributed by atoms with E-state index in [0.717, 1.165) is 18.2 Å². The number of hydrogen-bond donors (Lipinski definition) is 3. The minimum atomic E-state index is -4.88. The zero-order chi connectivity index (χ0) is 11.0. The standard InChI is InChI=1S/C7H8O6S/c8-6(9)5-3-1-2-4-7(5,10)14(11,12)13/h1-5,10H,(H,8,9)(H,11,12,13). The van der Waals surface area contributed by atoms with Crippen LogP contribution in [0.25, 0.3) is 0 Å². The maximum atomic E-state index is 10.8. The van der Waals surface area contributed by atoms with Crippen molar-refractivity contribution >= 4 is 16.1 Å². The van der Waals surface area contributed by atoms with Crippen LogP contribution in [0, 0.1) is 5.92 Å². The van der Waals surface area contributed by atoms with Crippen molar-refractivity contribution in [1.82, 2.24) is 0 Å². The molecule has 0 fully saturated rings. The molecule has 2 unspecified atom stereocenters. The minimum Gasteiger partial charge on any atom is -0.481 e. The summed E-state index contributed by atoms with van der Waals surface area (Å²) in [5.74, 6) is -3.24. The van der Waals surface area contributed by atoms with Crippen molar-refractivity contribution in [2.75, 3.05) is 0 Å². The van der Waals surface area contributed by atoms with E-state index in [0.29, 0.717) is 0 Å². The molecule has 0 aromatic rings. The largest absolute Gasteiger partial charge is 0.481 e. The van der Waals surface area contributed by atoms with E-state index < -0.39 is 26.9 Å². The third-order valence-corrected chi connectivity index (χ3v) is 3.09. The summed E-state index contributed by atoms with van der Waals surface area (Å²) in [5, 5.41) is 18.1. The van der Waals surface area contributed by atoms with Gasteiger partial charge in [0.2, 0.25) is 4.93 Å². The first kappa shape index (κ1) is 10.9. The first-order chi connectivity index (χ1) is 6.29. The van der Waals surface area contributed by atoms with E-state index in [1.54, 1.807) is 0 Å². The van der Waals surface area contributed by atoms with Crippen molar-refractivity contribution in [2.45, 2.75) is 4.93 Å². The normalized spacial score (nSPS) is 31.7. The first-order valence-corrected chi connectivity index (χ1v) is 5.01. The van der Waals surface area contributed by atoms with Gasteiger partial charge in [-0.25, -0.2) is 0 Å². The molecule has 0 bridgehead atoms. The van der Waals surface area contributed by atoms with Crippen molar-refractivity contribution < 1.29 is 28.0 Å². The summed E-state index contributed by atoms with van der Waals surface area (Å²) in [6.45, 7) is 0. The molecular weight excluding hydrogens is 212 g/mol. The summed E-state index contributed by atoms with van der Waals surface area (Å²) in [4.78, 5) is 7.81. The summed E-state index contributed by atoms with van der Waals surface area (Å²) in [6, 6.07) is 0. The van der Waals surface area contributed by atoms with E-state index in [9.17, 15) is 18.3 Å². The van der Waals surface area contributed by atoms with Crippen molar-refractivity contribution in [3.05, 3.63) is 24.3 Å². The molecule has 0 saturated heterocycles. The minimum absolute atomic E-state index is 0.723. The van der Waals surface area contributed by atoms with E-state index in [4.69, 9.17) is 9.66 Å². The van der Waals surface area contributed by atoms with Crippen LogP contribution in [0.1, 0.15) is 0 Å². The number of aliphatic carboxylic acids is 1. The lowest BCUT2D eigenvalue weighted by molar-refractivity contribution is -0.143. The Balaban J connectivity index is 3.27. The highest BCUT2D eigenvalue weighted by molar-refractivity contribution is 7.87. The van der Waals surface area contributed by atoms with Crippen LogP contribution >= 0.6 is 0 Å². The van der Waals surface area contributed by atoms with Gasteiger partial charge in [-0.2, -0.15) is 8.42 Å². The van der Waals surface area contributed by atoms with Gasteiger partial charge in [0.15, 0.2) is 0 Å². The third-order valence-electron chi connectivity index (χ3n) is 1.87. The molecule has 14 heavy (non-hydrogen) atoms. The van der Waals surface area contributed by atoms with Crippen molar-refractivity contribution in [1.29, 1.82) is 0 Å². The number of allylic oxidation sites excluding steroid dienone is 2. The molecule has 0 aromatic carbocycles. The lowest BCUT2D eigenvalue weighted by atomic mass is 9.97. The van der Waals surface area contributed by atoms with Crippen LogP contribution < -0.4 is 0 Å². The zero-order valence-corrected chi connectivity index (χ0v) is 7.68. The van der Waals surface area contributed by atoms with E-state index in [-0.39, 0.29) is 0 Å². The van der Waals surface area contributed by atoms with Crippen LogP contribution in [0.5, 0.6) is 0 Å². The quantitative estimate of drug-likeness (QED) is 0.535. The summed E-state index contributed by atoms with van der Waals surface area (Å²) in [5.41, 5.74) is 0. The first-order valence-electron chi connectivity index (χ1n) is 3.57. The summed E-state index contributed by atoms with van der Waals surface area (Å²) >= 11 is 0. The third kappa shape index (κ3) is 1.57. The Hall–Kier alpha value is -1.18. The molecule has 0 amide bonds. The van der Waals surface area contributed by atoms with Gasteiger partial charge in [0.05, 0.1) is 0 Å².